The summed E-state index contributed by atoms with van der Waals surface area (Å²) in [4.78, 5) is 15.6. The van der Waals surface area contributed by atoms with Crippen LogP contribution >= 0.6 is 0 Å². The lowest BCUT2D eigenvalue weighted by atomic mass is 9.99. The summed E-state index contributed by atoms with van der Waals surface area (Å²) in [7, 11) is 3.33. The first-order chi connectivity index (χ1) is 13.8. The van der Waals surface area contributed by atoms with Gasteiger partial charge in [0.05, 0.1) is 26.5 Å². The number of hydrogen-bond donors (Lipinski definition) is 1. The molecule has 0 saturated carbocycles. The lowest BCUT2D eigenvalue weighted by Crippen LogP contribution is -2.31. The van der Waals surface area contributed by atoms with Gasteiger partial charge in [-0.3, -0.25) is 4.98 Å². The van der Waals surface area contributed by atoms with E-state index in [0.717, 1.165) is 42.5 Å². The number of hydrogen-bond acceptors (Lipinski definition) is 7. The van der Waals surface area contributed by atoms with Crippen molar-refractivity contribution in [3.8, 4) is 11.5 Å². The number of fused-ring (bicyclic) bond motifs is 1. The molecular formula is C21H23N5O2. The molecule has 0 amide bonds. The molecule has 0 spiro atoms. The Morgan fingerprint density at radius 2 is 1.82 bits per heavy atom. The number of aromatic nitrogens is 3. The molecule has 3 heterocycles. The molecule has 1 aliphatic rings. The van der Waals surface area contributed by atoms with E-state index in [1.165, 1.54) is 11.1 Å². The molecule has 0 fully saturated rings. The third kappa shape index (κ3) is 3.83. The third-order valence-electron chi connectivity index (χ3n) is 4.84. The van der Waals surface area contributed by atoms with Crippen LogP contribution in [0.1, 0.15) is 16.8 Å². The Kier molecular flexibility index (Phi) is 5.23. The summed E-state index contributed by atoms with van der Waals surface area (Å²) in [6, 6.07) is 11.9. The second-order valence-corrected chi connectivity index (χ2v) is 6.56. The Morgan fingerprint density at radius 3 is 2.57 bits per heavy atom. The van der Waals surface area contributed by atoms with Gasteiger partial charge in [0.15, 0.2) is 11.5 Å². The van der Waals surface area contributed by atoms with E-state index >= 15 is 0 Å². The van der Waals surface area contributed by atoms with Gasteiger partial charge in [-0.15, -0.1) is 0 Å². The minimum Gasteiger partial charge on any atom is -0.493 e. The molecule has 1 aliphatic heterocycles. The summed E-state index contributed by atoms with van der Waals surface area (Å²) >= 11 is 0. The fraction of sp³-hybridized carbons (Fsp3) is 0.286. The second-order valence-electron chi connectivity index (χ2n) is 6.56. The van der Waals surface area contributed by atoms with Crippen molar-refractivity contribution in [2.45, 2.75) is 19.5 Å². The third-order valence-corrected chi connectivity index (χ3v) is 4.84. The molecule has 7 heteroatoms. The minimum atomic E-state index is 0.587. The molecule has 1 N–H and O–H groups in total. The Hall–Kier alpha value is -3.35. The van der Waals surface area contributed by atoms with Crippen LogP contribution in [0.2, 0.25) is 0 Å². The zero-order valence-electron chi connectivity index (χ0n) is 16.1. The molecular weight excluding hydrogens is 354 g/mol. The van der Waals surface area contributed by atoms with E-state index in [0.29, 0.717) is 12.5 Å². The van der Waals surface area contributed by atoms with Crippen LogP contribution in [-0.2, 0) is 19.5 Å². The van der Waals surface area contributed by atoms with Gasteiger partial charge in [0, 0.05) is 25.5 Å². The standard InChI is InChI=1S/C21H23N5O2/c1-27-18-11-15-7-10-26(14-16(15)12-19(18)28-2)20-6-9-23-21(25-20)24-13-17-5-3-4-8-22-17/h3-6,8-9,11-12H,7,10,13-14H2,1-2H3,(H,23,24,25). The van der Waals surface area contributed by atoms with E-state index in [9.17, 15) is 0 Å². The van der Waals surface area contributed by atoms with Gasteiger partial charge in [-0.2, -0.15) is 4.98 Å². The molecule has 144 valence electrons. The molecule has 28 heavy (non-hydrogen) atoms. The monoisotopic (exact) mass is 377 g/mol. The average molecular weight is 377 g/mol. The summed E-state index contributed by atoms with van der Waals surface area (Å²) in [5.74, 6) is 3.03. The molecule has 0 atom stereocenters. The molecule has 0 unspecified atom stereocenters. The molecule has 0 saturated heterocycles. The molecule has 0 bridgehead atoms. The first kappa shape index (κ1) is 18.0. The highest BCUT2D eigenvalue weighted by Crippen LogP contribution is 2.34. The van der Waals surface area contributed by atoms with Crippen molar-refractivity contribution in [3.63, 3.8) is 0 Å². The van der Waals surface area contributed by atoms with Gasteiger partial charge in [0.2, 0.25) is 5.95 Å². The van der Waals surface area contributed by atoms with Crippen LogP contribution in [0.5, 0.6) is 11.5 Å². The highest BCUT2D eigenvalue weighted by atomic mass is 16.5. The number of anilines is 2. The number of nitrogens with zero attached hydrogens (tertiary/aromatic N) is 4. The van der Waals surface area contributed by atoms with E-state index in [-0.39, 0.29) is 0 Å². The van der Waals surface area contributed by atoms with Gasteiger partial charge in [-0.25, -0.2) is 4.98 Å². The number of methoxy groups -OCH3 is 2. The summed E-state index contributed by atoms with van der Waals surface area (Å²) in [6.07, 6.45) is 4.49. The topological polar surface area (TPSA) is 72.4 Å². The van der Waals surface area contributed by atoms with Crippen molar-refractivity contribution in [2.75, 3.05) is 31.0 Å². The van der Waals surface area contributed by atoms with Gasteiger partial charge < -0.3 is 19.7 Å². The van der Waals surface area contributed by atoms with Crippen molar-refractivity contribution < 1.29 is 9.47 Å². The van der Waals surface area contributed by atoms with Crippen LogP contribution in [0.4, 0.5) is 11.8 Å². The van der Waals surface area contributed by atoms with E-state index < -0.39 is 0 Å². The van der Waals surface area contributed by atoms with Crippen molar-refractivity contribution in [3.05, 3.63) is 65.6 Å². The molecule has 3 aromatic rings. The van der Waals surface area contributed by atoms with Crippen molar-refractivity contribution >= 4 is 11.8 Å². The van der Waals surface area contributed by atoms with Gasteiger partial charge in [0.25, 0.3) is 0 Å². The zero-order chi connectivity index (χ0) is 19.3. The number of rotatable bonds is 6. The summed E-state index contributed by atoms with van der Waals surface area (Å²) < 4.78 is 10.9. The number of ether oxygens (including phenoxy) is 2. The van der Waals surface area contributed by atoms with Gasteiger partial charge in [-0.05, 0) is 47.9 Å². The van der Waals surface area contributed by atoms with Crippen LogP contribution < -0.4 is 19.7 Å². The number of pyridine rings is 1. The summed E-state index contributed by atoms with van der Waals surface area (Å²) in [5.41, 5.74) is 3.46. The maximum Gasteiger partial charge on any atom is 0.224 e. The first-order valence-corrected chi connectivity index (χ1v) is 9.22. The van der Waals surface area contributed by atoms with E-state index in [2.05, 4.69) is 37.3 Å². The predicted molar refractivity (Wildman–Crippen MR) is 108 cm³/mol. The van der Waals surface area contributed by atoms with Crippen LogP contribution in [-0.4, -0.2) is 35.7 Å². The normalized spacial score (nSPS) is 13.0. The molecule has 0 aliphatic carbocycles. The van der Waals surface area contributed by atoms with E-state index in [4.69, 9.17) is 9.47 Å². The average Bonchev–Trinajstić information content (AvgIpc) is 2.77. The Morgan fingerprint density at radius 1 is 1.00 bits per heavy atom. The Labute approximate surface area is 164 Å². The highest BCUT2D eigenvalue weighted by Gasteiger charge is 2.20. The number of benzene rings is 1. The maximum atomic E-state index is 5.45. The summed E-state index contributed by atoms with van der Waals surface area (Å²) in [6.45, 7) is 2.25. The highest BCUT2D eigenvalue weighted by molar-refractivity contribution is 5.52. The largest absolute Gasteiger partial charge is 0.493 e. The van der Waals surface area contributed by atoms with E-state index in [1.807, 2.05) is 24.3 Å². The second kappa shape index (κ2) is 8.12. The lowest BCUT2D eigenvalue weighted by Gasteiger charge is -2.30. The smallest absolute Gasteiger partial charge is 0.224 e. The number of nitrogens with one attached hydrogen (secondary N) is 1. The fourth-order valence-electron chi connectivity index (χ4n) is 3.36. The van der Waals surface area contributed by atoms with Gasteiger partial charge in [0.1, 0.15) is 5.82 Å². The van der Waals surface area contributed by atoms with Crippen molar-refractivity contribution in [1.29, 1.82) is 0 Å². The molecule has 4 rings (SSSR count). The SMILES string of the molecule is COc1cc2c(cc1OC)CN(c1ccnc(NCc3ccccn3)n1)CC2. The van der Waals surface area contributed by atoms with Crippen LogP contribution in [0, 0.1) is 0 Å². The van der Waals surface area contributed by atoms with Crippen LogP contribution in [0.3, 0.4) is 0 Å². The molecule has 7 nitrogen and oxygen atoms in total. The molecule has 1 aromatic carbocycles. The Balaban J connectivity index is 1.49. The van der Waals surface area contributed by atoms with Gasteiger partial charge >= 0.3 is 0 Å². The summed E-state index contributed by atoms with van der Waals surface area (Å²) in [5, 5.41) is 3.24. The lowest BCUT2D eigenvalue weighted by molar-refractivity contribution is 0.353. The molecule has 0 radical (unpaired) electrons. The predicted octanol–water partition coefficient (Wildman–Crippen LogP) is 3.06. The maximum absolute atomic E-state index is 5.45. The van der Waals surface area contributed by atoms with Crippen LogP contribution in [0.25, 0.3) is 0 Å². The minimum absolute atomic E-state index is 0.587. The van der Waals surface area contributed by atoms with Gasteiger partial charge in [-0.1, -0.05) is 6.07 Å². The molecule has 2 aromatic heterocycles. The fourth-order valence-corrected chi connectivity index (χ4v) is 3.36. The van der Waals surface area contributed by atoms with E-state index in [1.54, 1.807) is 26.6 Å². The van der Waals surface area contributed by atoms with Crippen LogP contribution in [0.15, 0.2) is 48.8 Å². The van der Waals surface area contributed by atoms with Crippen molar-refractivity contribution in [1.82, 2.24) is 15.0 Å². The van der Waals surface area contributed by atoms with Crippen molar-refractivity contribution in [2.24, 2.45) is 0 Å². The quantitative estimate of drug-likeness (QED) is 0.708. The Bertz CT molecular complexity index is 949. The zero-order valence-corrected chi connectivity index (χ0v) is 16.1. The first-order valence-electron chi connectivity index (χ1n) is 9.22.